The Morgan fingerprint density at radius 3 is 2.62 bits per heavy atom. The number of rotatable bonds is 7. The van der Waals surface area contributed by atoms with Crippen LogP contribution in [0.4, 0.5) is 0 Å². The lowest BCUT2D eigenvalue weighted by atomic mass is 10.2. The predicted molar refractivity (Wildman–Crippen MR) is 112 cm³/mol. The molecule has 0 spiro atoms. The van der Waals surface area contributed by atoms with Gasteiger partial charge in [0.2, 0.25) is 0 Å². The Labute approximate surface area is 168 Å². The number of hydrogen-bond donors (Lipinski definition) is 2. The summed E-state index contributed by atoms with van der Waals surface area (Å²) in [6.45, 7) is 2.49. The van der Waals surface area contributed by atoms with Gasteiger partial charge < -0.3 is 15.1 Å². The Morgan fingerprint density at radius 2 is 1.96 bits per heavy atom. The summed E-state index contributed by atoms with van der Waals surface area (Å²) in [4.78, 5) is 4.69. The topological polar surface area (TPSA) is 49.6 Å². The number of nitrogens with one attached hydrogen (secondary N) is 2. The fourth-order valence-corrected chi connectivity index (χ4v) is 2.52. The number of furan rings is 1. The van der Waals surface area contributed by atoms with E-state index in [9.17, 15) is 0 Å². The SMILES string of the molecule is Brc1ccc(CN=C(NCCc2ccco2)NCC2CC2)cc1.I. The third-order valence-corrected chi connectivity index (χ3v) is 4.36. The smallest absolute Gasteiger partial charge is 0.191 e. The van der Waals surface area contributed by atoms with Gasteiger partial charge in [-0.3, -0.25) is 0 Å². The molecule has 2 N–H and O–H groups in total. The summed E-state index contributed by atoms with van der Waals surface area (Å²) in [6, 6.07) is 12.2. The van der Waals surface area contributed by atoms with E-state index in [2.05, 4.69) is 38.7 Å². The number of halogens is 2. The summed E-state index contributed by atoms with van der Waals surface area (Å²) in [5.74, 6) is 2.69. The molecule has 0 radical (unpaired) electrons. The van der Waals surface area contributed by atoms with Gasteiger partial charge in [0, 0.05) is 24.0 Å². The van der Waals surface area contributed by atoms with Gasteiger partial charge in [-0.15, -0.1) is 24.0 Å². The van der Waals surface area contributed by atoms with Crippen LogP contribution in [-0.2, 0) is 13.0 Å². The van der Waals surface area contributed by atoms with Crippen LogP contribution in [0.2, 0.25) is 0 Å². The molecule has 2 aromatic rings. The maximum atomic E-state index is 5.36. The molecule has 1 aromatic carbocycles. The number of nitrogens with zero attached hydrogens (tertiary/aromatic N) is 1. The highest BCUT2D eigenvalue weighted by Gasteiger charge is 2.21. The second-order valence-corrected chi connectivity index (χ2v) is 6.79. The van der Waals surface area contributed by atoms with Crippen molar-refractivity contribution in [3.63, 3.8) is 0 Å². The Morgan fingerprint density at radius 1 is 1.17 bits per heavy atom. The fourth-order valence-electron chi connectivity index (χ4n) is 2.26. The van der Waals surface area contributed by atoms with E-state index in [1.807, 2.05) is 24.3 Å². The van der Waals surface area contributed by atoms with Gasteiger partial charge >= 0.3 is 0 Å². The highest BCUT2D eigenvalue weighted by Crippen LogP contribution is 2.27. The molecule has 3 rings (SSSR count). The van der Waals surface area contributed by atoms with Crippen molar-refractivity contribution in [1.82, 2.24) is 10.6 Å². The second-order valence-electron chi connectivity index (χ2n) is 5.87. The molecule has 1 aliphatic rings. The van der Waals surface area contributed by atoms with E-state index in [4.69, 9.17) is 9.41 Å². The highest BCUT2D eigenvalue weighted by molar-refractivity contribution is 14.0. The first-order chi connectivity index (χ1) is 11.3. The molecule has 0 atom stereocenters. The summed E-state index contributed by atoms with van der Waals surface area (Å²) in [5.41, 5.74) is 1.20. The van der Waals surface area contributed by atoms with Gasteiger partial charge in [-0.05, 0) is 48.6 Å². The van der Waals surface area contributed by atoms with E-state index < -0.39 is 0 Å². The van der Waals surface area contributed by atoms with Crippen LogP contribution in [0.5, 0.6) is 0 Å². The minimum absolute atomic E-state index is 0. The Balaban J connectivity index is 0.00000208. The first-order valence-electron chi connectivity index (χ1n) is 8.08. The summed E-state index contributed by atoms with van der Waals surface area (Å²) < 4.78 is 6.45. The van der Waals surface area contributed by atoms with Crippen LogP contribution in [-0.4, -0.2) is 19.0 Å². The van der Waals surface area contributed by atoms with Crippen molar-refractivity contribution >= 4 is 45.9 Å². The van der Waals surface area contributed by atoms with Crippen molar-refractivity contribution in [3.8, 4) is 0 Å². The first-order valence-corrected chi connectivity index (χ1v) is 8.88. The quantitative estimate of drug-likeness (QED) is 0.335. The molecule has 1 heterocycles. The molecular weight excluding hydrogens is 481 g/mol. The summed E-state index contributed by atoms with van der Waals surface area (Å²) >= 11 is 3.46. The lowest BCUT2D eigenvalue weighted by molar-refractivity contribution is 0.506. The maximum Gasteiger partial charge on any atom is 0.191 e. The number of guanidine groups is 1. The average Bonchev–Trinajstić information content (AvgIpc) is 3.25. The molecule has 0 unspecified atom stereocenters. The van der Waals surface area contributed by atoms with Crippen LogP contribution in [0.15, 0.2) is 56.5 Å². The Bertz CT molecular complexity index is 624. The zero-order valence-electron chi connectivity index (χ0n) is 13.5. The number of benzene rings is 1. The predicted octanol–water partition coefficient (Wildman–Crippen LogP) is 4.35. The van der Waals surface area contributed by atoms with Crippen molar-refractivity contribution in [1.29, 1.82) is 0 Å². The molecule has 1 aliphatic carbocycles. The van der Waals surface area contributed by atoms with Crippen molar-refractivity contribution in [2.24, 2.45) is 10.9 Å². The van der Waals surface area contributed by atoms with E-state index in [1.165, 1.54) is 18.4 Å². The first kappa shape index (κ1) is 19.3. The molecule has 1 saturated carbocycles. The molecule has 24 heavy (non-hydrogen) atoms. The third-order valence-electron chi connectivity index (χ3n) is 3.83. The Hall–Kier alpha value is -1.02. The van der Waals surface area contributed by atoms with Crippen LogP contribution in [0.1, 0.15) is 24.2 Å². The zero-order valence-corrected chi connectivity index (χ0v) is 17.4. The van der Waals surface area contributed by atoms with Gasteiger partial charge in [0.1, 0.15) is 5.76 Å². The van der Waals surface area contributed by atoms with E-state index in [1.54, 1.807) is 6.26 Å². The molecule has 1 fully saturated rings. The van der Waals surface area contributed by atoms with Gasteiger partial charge in [0.05, 0.1) is 12.8 Å². The van der Waals surface area contributed by atoms with Crippen molar-refractivity contribution in [2.75, 3.05) is 13.1 Å². The molecule has 0 bridgehead atoms. The molecule has 6 heteroatoms. The zero-order chi connectivity index (χ0) is 15.9. The van der Waals surface area contributed by atoms with Gasteiger partial charge in [-0.25, -0.2) is 4.99 Å². The number of hydrogen-bond acceptors (Lipinski definition) is 2. The molecule has 0 aliphatic heterocycles. The van der Waals surface area contributed by atoms with Crippen molar-refractivity contribution < 1.29 is 4.42 Å². The van der Waals surface area contributed by atoms with Crippen molar-refractivity contribution in [2.45, 2.75) is 25.8 Å². The lowest BCUT2D eigenvalue weighted by Crippen LogP contribution is -2.39. The summed E-state index contributed by atoms with van der Waals surface area (Å²) in [7, 11) is 0. The van der Waals surface area contributed by atoms with Gasteiger partial charge in [0.25, 0.3) is 0 Å². The maximum absolute atomic E-state index is 5.36. The minimum Gasteiger partial charge on any atom is -0.469 e. The van der Waals surface area contributed by atoms with Crippen LogP contribution < -0.4 is 10.6 Å². The van der Waals surface area contributed by atoms with E-state index in [0.717, 1.165) is 41.6 Å². The van der Waals surface area contributed by atoms with Gasteiger partial charge in [-0.2, -0.15) is 0 Å². The van der Waals surface area contributed by atoms with Crippen molar-refractivity contribution in [3.05, 3.63) is 58.5 Å². The summed E-state index contributed by atoms with van der Waals surface area (Å²) in [6.07, 6.45) is 5.23. The molecule has 130 valence electrons. The molecule has 1 aromatic heterocycles. The third kappa shape index (κ3) is 6.84. The largest absolute Gasteiger partial charge is 0.469 e. The molecular formula is C18H23BrIN3O. The van der Waals surface area contributed by atoms with Crippen LogP contribution in [0.25, 0.3) is 0 Å². The second kappa shape index (κ2) is 10.1. The number of aliphatic imine (C=N–C) groups is 1. The highest BCUT2D eigenvalue weighted by atomic mass is 127. The fraction of sp³-hybridized carbons (Fsp3) is 0.389. The van der Waals surface area contributed by atoms with E-state index in [-0.39, 0.29) is 24.0 Å². The van der Waals surface area contributed by atoms with Gasteiger partial charge in [-0.1, -0.05) is 28.1 Å². The van der Waals surface area contributed by atoms with E-state index >= 15 is 0 Å². The van der Waals surface area contributed by atoms with E-state index in [0.29, 0.717) is 6.54 Å². The Kier molecular flexibility index (Phi) is 8.11. The monoisotopic (exact) mass is 503 g/mol. The lowest BCUT2D eigenvalue weighted by Gasteiger charge is -2.12. The van der Waals surface area contributed by atoms with Crippen LogP contribution in [0.3, 0.4) is 0 Å². The average molecular weight is 504 g/mol. The van der Waals surface area contributed by atoms with Crippen LogP contribution >= 0.6 is 39.9 Å². The summed E-state index contributed by atoms with van der Waals surface area (Å²) in [5, 5.41) is 6.83. The molecule has 4 nitrogen and oxygen atoms in total. The molecule has 0 amide bonds. The van der Waals surface area contributed by atoms with Gasteiger partial charge in [0.15, 0.2) is 5.96 Å². The normalized spacial score (nSPS) is 14.1. The van der Waals surface area contributed by atoms with Crippen LogP contribution in [0, 0.1) is 5.92 Å². The molecule has 0 saturated heterocycles. The minimum atomic E-state index is 0. The standard InChI is InChI=1S/C18H22BrN3O.HI/c19-16-7-5-15(6-8-16)13-22-18(21-12-14-3-4-14)20-10-9-17-2-1-11-23-17;/h1-2,5-8,11,14H,3-4,9-10,12-13H2,(H2,20,21,22);1H.